The summed E-state index contributed by atoms with van der Waals surface area (Å²) in [7, 11) is 0. The van der Waals surface area contributed by atoms with E-state index in [1.165, 1.54) is 4.90 Å². The molecule has 0 N–H and O–H groups in total. The third-order valence-corrected chi connectivity index (χ3v) is 3.72. The van der Waals surface area contributed by atoms with Crippen LogP contribution < -0.4 is 0 Å². The molecule has 2 amide bonds. The minimum Gasteiger partial charge on any atom is -0.269 e. The van der Waals surface area contributed by atoms with E-state index >= 15 is 0 Å². The Kier molecular flexibility index (Phi) is 3.40. The summed E-state index contributed by atoms with van der Waals surface area (Å²) in [6.45, 7) is 3.79. The lowest BCUT2D eigenvalue weighted by Gasteiger charge is -2.23. The predicted molar refractivity (Wildman–Crippen MR) is 81.1 cm³/mol. The monoisotopic (exact) mass is 277 g/mol. The highest BCUT2D eigenvalue weighted by Crippen LogP contribution is 2.26. The SMILES string of the molecule is C=CC(Cc1ccccc1)N1C(=O)c2ccccc2C1=O. The zero-order valence-corrected chi connectivity index (χ0v) is 11.5. The molecule has 1 heterocycles. The van der Waals surface area contributed by atoms with Gasteiger partial charge in [0.1, 0.15) is 0 Å². The first-order valence-electron chi connectivity index (χ1n) is 6.86. The molecule has 0 spiro atoms. The van der Waals surface area contributed by atoms with Crippen LogP contribution in [0, 0.1) is 0 Å². The van der Waals surface area contributed by atoms with Crippen LogP contribution in [0.2, 0.25) is 0 Å². The van der Waals surface area contributed by atoms with Gasteiger partial charge in [-0.05, 0) is 24.1 Å². The van der Waals surface area contributed by atoms with Crippen LogP contribution in [0.3, 0.4) is 0 Å². The molecule has 21 heavy (non-hydrogen) atoms. The molecule has 2 aromatic carbocycles. The third-order valence-electron chi connectivity index (χ3n) is 3.72. The van der Waals surface area contributed by atoms with Crippen molar-refractivity contribution in [3.63, 3.8) is 0 Å². The number of amides is 2. The fourth-order valence-corrected chi connectivity index (χ4v) is 2.64. The Labute approximate surface area is 123 Å². The molecule has 2 aromatic rings. The van der Waals surface area contributed by atoms with Gasteiger partial charge in [-0.2, -0.15) is 0 Å². The molecule has 1 unspecified atom stereocenters. The van der Waals surface area contributed by atoms with Crippen molar-refractivity contribution in [3.05, 3.63) is 83.9 Å². The lowest BCUT2D eigenvalue weighted by molar-refractivity contribution is 0.0615. The van der Waals surface area contributed by atoms with Crippen LogP contribution in [0.15, 0.2) is 67.3 Å². The number of carbonyl (C=O) groups is 2. The molecule has 104 valence electrons. The first-order valence-corrected chi connectivity index (χ1v) is 6.86. The molecule has 0 aromatic heterocycles. The number of rotatable bonds is 4. The zero-order chi connectivity index (χ0) is 14.8. The second kappa shape index (κ2) is 5.37. The molecule has 0 aliphatic carbocycles. The fourth-order valence-electron chi connectivity index (χ4n) is 2.64. The summed E-state index contributed by atoms with van der Waals surface area (Å²) >= 11 is 0. The maximum Gasteiger partial charge on any atom is 0.262 e. The van der Waals surface area contributed by atoms with E-state index in [1.807, 2.05) is 30.3 Å². The topological polar surface area (TPSA) is 37.4 Å². The summed E-state index contributed by atoms with van der Waals surface area (Å²) in [6.07, 6.45) is 2.24. The Morgan fingerprint density at radius 1 is 0.905 bits per heavy atom. The molecule has 0 saturated heterocycles. The summed E-state index contributed by atoms with van der Waals surface area (Å²) in [5.41, 5.74) is 2.02. The van der Waals surface area contributed by atoms with E-state index in [-0.39, 0.29) is 17.9 Å². The van der Waals surface area contributed by atoms with Gasteiger partial charge in [-0.1, -0.05) is 48.5 Å². The second-order valence-electron chi connectivity index (χ2n) is 5.02. The molecule has 3 rings (SSSR count). The van der Waals surface area contributed by atoms with Gasteiger partial charge in [0, 0.05) is 0 Å². The average molecular weight is 277 g/mol. The van der Waals surface area contributed by atoms with Crippen molar-refractivity contribution in [1.29, 1.82) is 0 Å². The Morgan fingerprint density at radius 2 is 1.43 bits per heavy atom. The van der Waals surface area contributed by atoms with Gasteiger partial charge in [-0.15, -0.1) is 6.58 Å². The van der Waals surface area contributed by atoms with Crippen LogP contribution in [0.25, 0.3) is 0 Å². The average Bonchev–Trinajstić information content (AvgIpc) is 2.78. The van der Waals surface area contributed by atoms with Crippen LogP contribution in [-0.2, 0) is 6.42 Å². The lowest BCUT2D eigenvalue weighted by Crippen LogP contribution is -2.39. The molecule has 0 fully saturated rings. The molecule has 3 nitrogen and oxygen atoms in total. The molecule has 0 radical (unpaired) electrons. The van der Waals surface area contributed by atoms with Crippen LogP contribution in [0.5, 0.6) is 0 Å². The van der Waals surface area contributed by atoms with Gasteiger partial charge in [-0.3, -0.25) is 14.5 Å². The fraction of sp³-hybridized carbons (Fsp3) is 0.111. The van der Waals surface area contributed by atoms with E-state index in [0.717, 1.165) is 5.56 Å². The summed E-state index contributed by atoms with van der Waals surface area (Å²) in [5, 5.41) is 0. The van der Waals surface area contributed by atoms with E-state index in [1.54, 1.807) is 30.3 Å². The quantitative estimate of drug-likeness (QED) is 0.636. The molecule has 3 heteroatoms. The summed E-state index contributed by atoms with van der Waals surface area (Å²) in [4.78, 5) is 26.2. The normalized spacial score (nSPS) is 15.0. The van der Waals surface area contributed by atoms with Crippen molar-refractivity contribution in [3.8, 4) is 0 Å². The van der Waals surface area contributed by atoms with Crippen molar-refractivity contribution in [2.75, 3.05) is 0 Å². The Balaban J connectivity index is 1.91. The third kappa shape index (κ3) is 2.27. The minimum absolute atomic E-state index is 0.239. The molecular formula is C18H15NO2. The number of fused-ring (bicyclic) bond motifs is 1. The van der Waals surface area contributed by atoms with E-state index < -0.39 is 0 Å². The Bertz CT molecular complexity index is 671. The second-order valence-corrected chi connectivity index (χ2v) is 5.02. The molecule has 0 bridgehead atoms. The van der Waals surface area contributed by atoms with Crippen molar-refractivity contribution in [2.45, 2.75) is 12.5 Å². The number of hydrogen-bond acceptors (Lipinski definition) is 2. The maximum atomic E-state index is 12.5. The van der Waals surface area contributed by atoms with Crippen LogP contribution in [-0.4, -0.2) is 22.8 Å². The molecule has 0 saturated carbocycles. The largest absolute Gasteiger partial charge is 0.269 e. The first-order chi connectivity index (χ1) is 10.2. The summed E-state index contributed by atoms with van der Waals surface area (Å²) < 4.78 is 0. The van der Waals surface area contributed by atoms with E-state index in [2.05, 4.69) is 6.58 Å². The van der Waals surface area contributed by atoms with E-state index in [4.69, 9.17) is 0 Å². The minimum atomic E-state index is -0.334. The highest BCUT2D eigenvalue weighted by Gasteiger charge is 2.38. The highest BCUT2D eigenvalue weighted by molar-refractivity contribution is 6.21. The molecular weight excluding hydrogens is 262 g/mol. The van der Waals surface area contributed by atoms with Gasteiger partial charge < -0.3 is 0 Å². The van der Waals surface area contributed by atoms with Gasteiger partial charge in [0.05, 0.1) is 17.2 Å². The molecule has 1 atom stereocenters. The number of nitrogens with zero attached hydrogens (tertiary/aromatic N) is 1. The standard InChI is InChI=1S/C18H15NO2/c1-2-14(12-13-8-4-3-5-9-13)19-17(20)15-10-6-7-11-16(15)18(19)21/h2-11,14H,1,12H2. The van der Waals surface area contributed by atoms with E-state index in [0.29, 0.717) is 17.5 Å². The molecule has 1 aliphatic heterocycles. The lowest BCUT2D eigenvalue weighted by atomic mass is 10.0. The van der Waals surface area contributed by atoms with Crippen molar-refractivity contribution in [1.82, 2.24) is 4.90 Å². The molecule has 1 aliphatic rings. The van der Waals surface area contributed by atoms with Gasteiger partial charge in [0.25, 0.3) is 11.8 Å². The zero-order valence-electron chi connectivity index (χ0n) is 11.5. The van der Waals surface area contributed by atoms with E-state index in [9.17, 15) is 9.59 Å². The van der Waals surface area contributed by atoms with Gasteiger partial charge in [0.15, 0.2) is 0 Å². The number of benzene rings is 2. The van der Waals surface area contributed by atoms with Crippen molar-refractivity contribution in [2.24, 2.45) is 0 Å². The number of hydrogen-bond donors (Lipinski definition) is 0. The predicted octanol–water partition coefficient (Wildman–Crippen LogP) is 3.08. The van der Waals surface area contributed by atoms with Gasteiger partial charge >= 0.3 is 0 Å². The maximum absolute atomic E-state index is 12.5. The summed E-state index contributed by atoms with van der Waals surface area (Å²) in [6, 6.07) is 16.4. The van der Waals surface area contributed by atoms with Gasteiger partial charge in [-0.25, -0.2) is 0 Å². The highest BCUT2D eigenvalue weighted by atomic mass is 16.2. The van der Waals surface area contributed by atoms with Crippen molar-refractivity contribution >= 4 is 11.8 Å². The Morgan fingerprint density at radius 3 is 1.95 bits per heavy atom. The Hall–Kier alpha value is -2.68. The number of imide groups is 1. The smallest absolute Gasteiger partial charge is 0.262 e. The number of carbonyl (C=O) groups excluding carboxylic acids is 2. The first kappa shape index (κ1) is 13.3. The van der Waals surface area contributed by atoms with Crippen molar-refractivity contribution < 1.29 is 9.59 Å². The van der Waals surface area contributed by atoms with Crippen LogP contribution >= 0.6 is 0 Å². The summed E-state index contributed by atoms with van der Waals surface area (Å²) in [5.74, 6) is -0.479. The van der Waals surface area contributed by atoms with Crippen LogP contribution in [0.4, 0.5) is 0 Å². The van der Waals surface area contributed by atoms with Crippen LogP contribution in [0.1, 0.15) is 26.3 Å². The van der Waals surface area contributed by atoms with Gasteiger partial charge in [0.2, 0.25) is 0 Å².